The number of rotatable bonds is 9. The molecule has 0 saturated heterocycles. The summed E-state index contributed by atoms with van der Waals surface area (Å²) in [6, 6.07) is 30.4. The molecule has 27 heavy (non-hydrogen) atoms. The molecule has 140 valence electrons. The molecule has 0 fully saturated rings. The second kappa shape index (κ2) is 9.94. The molecule has 0 bridgehead atoms. The Morgan fingerprint density at radius 2 is 1.33 bits per heavy atom. The summed E-state index contributed by atoms with van der Waals surface area (Å²) in [5.74, 6) is 1.33. The molecule has 0 radical (unpaired) electrons. The van der Waals surface area contributed by atoms with Crippen LogP contribution in [0.25, 0.3) is 0 Å². The summed E-state index contributed by atoms with van der Waals surface area (Å²) in [5, 5.41) is 3.70. The molecule has 0 spiro atoms. The van der Waals surface area contributed by atoms with Crippen LogP contribution in [-0.2, 0) is 6.42 Å². The van der Waals surface area contributed by atoms with Gasteiger partial charge in [-0.3, -0.25) is 0 Å². The Morgan fingerprint density at radius 1 is 0.778 bits per heavy atom. The third-order valence-corrected chi connectivity index (χ3v) is 5.03. The fraction of sp³-hybridized carbons (Fsp3) is 0.280. The Hall–Kier alpha value is -2.58. The topological polar surface area (TPSA) is 21.3 Å². The number of hydrogen-bond acceptors (Lipinski definition) is 2. The molecule has 3 aromatic carbocycles. The van der Waals surface area contributed by atoms with Crippen LogP contribution in [0.5, 0.6) is 5.75 Å². The largest absolute Gasteiger partial charge is 0.497 e. The maximum Gasteiger partial charge on any atom is 0.118 e. The zero-order valence-corrected chi connectivity index (χ0v) is 16.3. The third kappa shape index (κ3) is 5.70. The Labute approximate surface area is 163 Å². The van der Waals surface area contributed by atoms with Gasteiger partial charge in [0.25, 0.3) is 0 Å². The highest BCUT2D eigenvalue weighted by atomic mass is 16.5. The van der Waals surface area contributed by atoms with E-state index in [0.29, 0.717) is 12.0 Å². The molecular weight excluding hydrogens is 330 g/mol. The first-order chi connectivity index (χ1) is 13.3. The third-order valence-electron chi connectivity index (χ3n) is 5.03. The Balaban J connectivity index is 1.57. The highest BCUT2D eigenvalue weighted by Crippen LogP contribution is 2.27. The summed E-state index contributed by atoms with van der Waals surface area (Å²) < 4.78 is 5.23. The SMILES string of the molecule is COc1ccc(C[C@H](C)NCCC(c2ccccc2)c2ccccc2)cc1. The van der Waals surface area contributed by atoms with Gasteiger partial charge in [0.15, 0.2) is 0 Å². The van der Waals surface area contributed by atoms with Gasteiger partial charge in [-0.2, -0.15) is 0 Å². The van der Waals surface area contributed by atoms with Crippen molar-refractivity contribution in [3.05, 3.63) is 102 Å². The maximum absolute atomic E-state index is 5.23. The van der Waals surface area contributed by atoms with Gasteiger partial charge in [-0.05, 0) is 55.1 Å². The average Bonchev–Trinajstić information content (AvgIpc) is 2.73. The van der Waals surface area contributed by atoms with Gasteiger partial charge < -0.3 is 10.1 Å². The lowest BCUT2D eigenvalue weighted by Gasteiger charge is -2.20. The van der Waals surface area contributed by atoms with E-state index in [-0.39, 0.29) is 0 Å². The summed E-state index contributed by atoms with van der Waals surface area (Å²) in [6.07, 6.45) is 2.10. The molecule has 0 heterocycles. The molecule has 3 rings (SSSR count). The summed E-state index contributed by atoms with van der Waals surface area (Å²) in [6.45, 7) is 3.25. The molecule has 2 heteroatoms. The predicted octanol–water partition coefficient (Wildman–Crippen LogP) is 5.44. The normalized spacial score (nSPS) is 12.1. The van der Waals surface area contributed by atoms with Crippen LogP contribution in [0.2, 0.25) is 0 Å². The number of nitrogens with one attached hydrogen (secondary N) is 1. The van der Waals surface area contributed by atoms with Crippen LogP contribution in [0, 0.1) is 0 Å². The minimum absolute atomic E-state index is 0.424. The van der Waals surface area contributed by atoms with Gasteiger partial charge >= 0.3 is 0 Å². The Bertz CT molecular complexity index is 744. The molecular formula is C25H29NO. The van der Waals surface area contributed by atoms with Crippen molar-refractivity contribution in [2.45, 2.75) is 31.7 Å². The van der Waals surface area contributed by atoms with E-state index in [1.807, 2.05) is 12.1 Å². The monoisotopic (exact) mass is 359 g/mol. The lowest BCUT2D eigenvalue weighted by atomic mass is 9.88. The number of benzene rings is 3. The van der Waals surface area contributed by atoms with E-state index in [4.69, 9.17) is 4.74 Å². The first-order valence-corrected chi connectivity index (χ1v) is 9.72. The van der Waals surface area contributed by atoms with E-state index in [1.54, 1.807) is 7.11 Å². The van der Waals surface area contributed by atoms with Crippen molar-refractivity contribution in [1.29, 1.82) is 0 Å². The summed E-state index contributed by atoms with van der Waals surface area (Å²) >= 11 is 0. The van der Waals surface area contributed by atoms with E-state index in [0.717, 1.165) is 25.1 Å². The van der Waals surface area contributed by atoms with Gasteiger partial charge in [0, 0.05) is 12.0 Å². The van der Waals surface area contributed by atoms with Crippen LogP contribution in [-0.4, -0.2) is 19.7 Å². The number of hydrogen-bond donors (Lipinski definition) is 1. The van der Waals surface area contributed by atoms with Crippen LogP contribution in [0.1, 0.15) is 36.0 Å². The fourth-order valence-corrected chi connectivity index (χ4v) is 3.56. The van der Waals surface area contributed by atoms with E-state index in [1.165, 1.54) is 16.7 Å². The van der Waals surface area contributed by atoms with Crippen molar-refractivity contribution in [3.63, 3.8) is 0 Å². The van der Waals surface area contributed by atoms with Crippen molar-refractivity contribution < 1.29 is 4.74 Å². The predicted molar refractivity (Wildman–Crippen MR) is 114 cm³/mol. The van der Waals surface area contributed by atoms with Gasteiger partial charge in [-0.1, -0.05) is 72.8 Å². The average molecular weight is 360 g/mol. The van der Waals surface area contributed by atoms with Crippen LogP contribution in [0.4, 0.5) is 0 Å². The summed E-state index contributed by atoms with van der Waals surface area (Å²) in [7, 11) is 1.70. The summed E-state index contributed by atoms with van der Waals surface area (Å²) in [4.78, 5) is 0. The van der Waals surface area contributed by atoms with Gasteiger partial charge in [0.2, 0.25) is 0 Å². The zero-order chi connectivity index (χ0) is 18.9. The van der Waals surface area contributed by atoms with Crippen molar-refractivity contribution in [1.82, 2.24) is 5.32 Å². The molecule has 0 aromatic heterocycles. The minimum Gasteiger partial charge on any atom is -0.497 e. The van der Waals surface area contributed by atoms with Gasteiger partial charge in [0.05, 0.1) is 7.11 Å². The van der Waals surface area contributed by atoms with Crippen LogP contribution < -0.4 is 10.1 Å². The molecule has 1 atom stereocenters. The molecule has 0 unspecified atom stereocenters. The molecule has 0 aliphatic carbocycles. The number of ether oxygens (including phenoxy) is 1. The minimum atomic E-state index is 0.424. The first kappa shape index (κ1) is 19.2. The lowest BCUT2D eigenvalue weighted by molar-refractivity contribution is 0.414. The second-order valence-electron chi connectivity index (χ2n) is 7.07. The van der Waals surface area contributed by atoms with Crippen LogP contribution in [0.15, 0.2) is 84.9 Å². The van der Waals surface area contributed by atoms with E-state index in [9.17, 15) is 0 Å². The number of methoxy groups -OCH3 is 1. The molecule has 0 aliphatic heterocycles. The van der Waals surface area contributed by atoms with Crippen molar-refractivity contribution in [2.24, 2.45) is 0 Å². The van der Waals surface area contributed by atoms with E-state index < -0.39 is 0 Å². The molecule has 0 saturated carbocycles. The van der Waals surface area contributed by atoms with Gasteiger partial charge in [-0.15, -0.1) is 0 Å². The summed E-state index contributed by atoms with van der Waals surface area (Å²) in [5.41, 5.74) is 4.10. The quantitative estimate of drug-likeness (QED) is 0.549. The van der Waals surface area contributed by atoms with Gasteiger partial charge in [-0.25, -0.2) is 0 Å². The standard InChI is InChI=1S/C25H29NO/c1-20(19-21-13-15-24(27-2)16-14-21)26-18-17-25(22-9-5-3-6-10-22)23-11-7-4-8-12-23/h3-16,20,25-26H,17-19H2,1-2H3/t20-/m0/s1. The molecule has 3 aromatic rings. The Morgan fingerprint density at radius 3 is 1.85 bits per heavy atom. The van der Waals surface area contributed by atoms with Crippen LogP contribution >= 0.6 is 0 Å². The zero-order valence-electron chi connectivity index (χ0n) is 16.3. The maximum atomic E-state index is 5.23. The van der Waals surface area contributed by atoms with Crippen molar-refractivity contribution in [2.75, 3.05) is 13.7 Å². The molecule has 0 aliphatic rings. The first-order valence-electron chi connectivity index (χ1n) is 9.72. The Kier molecular flexibility index (Phi) is 7.06. The lowest BCUT2D eigenvalue weighted by Crippen LogP contribution is -2.30. The smallest absolute Gasteiger partial charge is 0.118 e. The second-order valence-corrected chi connectivity index (χ2v) is 7.07. The molecule has 0 amide bonds. The van der Waals surface area contributed by atoms with Gasteiger partial charge in [0.1, 0.15) is 5.75 Å². The van der Waals surface area contributed by atoms with E-state index >= 15 is 0 Å². The van der Waals surface area contributed by atoms with Crippen molar-refractivity contribution in [3.8, 4) is 5.75 Å². The van der Waals surface area contributed by atoms with Crippen LogP contribution in [0.3, 0.4) is 0 Å². The molecule has 1 N–H and O–H groups in total. The fourth-order valence-electron chi connectivity index (χ4n) is 3.56. The van der Waals surface area contributed by atoms with E-state index in [2.05, 4.69) is 85.0 Å². The molecule has 2 nitrogen and oxygen atoms in total. The highest BCUT2D eigenvalue weighted by Gasteiger charge is 2.14. The van der Waals surface area contributed by atoms with Crippen molar-refractivity contribution >= 4 is 0 Å². The highest BCUT2D eigenvalue weighted by molar-refractivity contribution is 5.32.